The Bertz CT molecular complexity index is 1070. The van der Waals surface area contributed by atoms with E-state index in [9.17, 15) is 13.2 Å². The van der Waals surface area contributed by atoms with Gasteiger partial charge in [-0.05, 0) is 30.3 Å². The van der Waals surface area contributed by atoms with E-state index in [0.717, 1.165) is 15.8 Å². The first-order valence-corrected chi connectivity index (χ1v) is 10.5. The molecule has 26 heavy (non-hydrogen) atoms. The lowest BCUT2D eigenvalue weighted by Gasteiger charge is -2.05. The molecule has 0 aliphatic rings. The Balaban J connectivity index is 1.77. The van der Waals surface area contributed by atoms with Crippen LogP contribution in [0.5, 0.6) is 0 Å². The molecule has 3 aromatic rings. The lowest BCUT2D eigenvalue weighted by atomic mass is 10.2. The predicted octanol–water partition coefficient (Wildman–Crippen LogP) is 4.01. The minimum absolute atomic E-state index is 0.0459. The molecule has 1 heterocycles. The second kappa shape index (κ2) is 7.70. The number of carbonyl (C=O) groups is 1. The number of hydrogen-bond acceptors (Lipinski definition) is 6. The van der Waals surface area contributed by atoms with Crippen LogP contribution in [0.2, 0.25) is 5.02 Å². The summed E-state index contributed by atoms with van der Waals surface area (Å²) in [7, 11) is -3.92. The van der Waals surface area contributed by atoms with Gasteiger partial charge in [-0.2, -0.15) is 8.42 Å². The number of amides is 1. The topological polar surface area (TPSA) is 101 Å². The molecular formula is C15H10BrClN4O3S2. The van der Waals surface area contributed by atoms with Gasteiger partial charge in [-0.3, -0.25) is 14.8 Å². The Labute approximate surface area is 166 Å². The van der Waals surface area contributed by atoms with Crippen LogP contribution in [0, 0.1) is 0 Å². The number of rotatable bonds is 5. The van der Waals surface area contributed by atoms with Crippen molar-refractivity contribution >= 4 is 65.6 Å². The van der Waals surface area contributed by atoms with Crippen molar-refractivity contribution in [2.24, 2.45) is 0 Å². The minimum atomic E-state index is -3.92. The van der Waals surface area contributed by atoms with E-state index in [1.165, 1.54) is 0 Å². The number of sulfonamides is 1. The highest BCUT2D eigenvalue weighted by atomic mass is 79.9. The summed E-state index contributed by atoms with van der Waals surface area (Å²) in [6.07, 6.45) is 0. The molecule has 0 aliphatic carbocycles. The number of benzene rings is 2. The van der Waals surface area contributed by atoms with Crippen LogP contribution in [0.4, 0.5) is 10.8 Å². The maximum atomic E-state index is 12.4. The lowest BCUT2D eigenvalue weighted by Crippen LogP contribution is -2.12. The molecule has 0 unspecified atom stereocenters. The van der Waals surface area contributed by atoms with Gasteiger partial charge in [0.05, 0.1) is 16.3 Å². The zero-order valence-electron chi connectivity index (χ0n) is 12.8. The van der Waals surface area contributed by atoms with Crippen molar-refractivity contribution in [1.82, 2.24) is 10.2 Å². The fourth-order valence-electron chi connectivity index (χ4n) is 1.93. The number of carbonyl (C=O) groups excluding carboxylic acids is 1. The molecule has 0 saturated heterocycles. The highest BCUT2D eigenvalue weighted by Crippen LogP contribution is 2.25. The second-order valence-electron chi connectivity index (χ2n) is 4.92. The standard InChI is InChI=1S/C15H10BrClN4O3S2/c16-9-4-3-5-10(8-9)21-26(23,24)15-20-19-14(25-15)18-13(22)11-6-1-2-7-12(11)17/h1-8,21H,(H,18,19,22). The van der Waals surface area contributed by atoms with Crippen LogP contribution in [-0.2, 0) is 10.0 Å². The van der Waals surface area contributed by atoms with Crippen molar-refractivity contribution in [1.29, 1.82) is 0 Å². The van der Waals surface area contributed by atoms with E-state index in [0.29, 0.717) is 5.69 Å². The average molecular weight is 474 g/mol. The van der Waals surface area contributed by atoms with Crippen molar-refractivity contribution in [3.05, 3.63) is 63.6 Å². The van der Waals surface area contributed by atoms with E-state index < -0.39 is 15.9 Å². The SMILES string of the molecule is O=C(Nc1nnc(S(=O)(=O)Nc2cccc(Br)c2)s1)c1ccccc1Cl. The number of hydrogen-bond donors (Lipinski definition) is 2. The zero-order chi connectivity index (χ0) is 18.7. The Morgan fingerprint density at radius 1 is 1.12 bits per heavy atom. The molecule has 0 atom stereocenters. The molecule has 0 spiro atoms. The Kier molecular flexibility index (Phi) is 5.56. The zero-order valence-corrected chi connectivity index (χ0v) is 16.8. The molecular weight excluding hydrogens is 464 g/mol. The Hall–Kier alpha value is -2.01. The lowest BCUT2D eigenvalue weighted by molar-refractivity contribution is 0.102. The van der Waals surface area contributed by atoms with E-state index >= 15 is 0 Å². The van der Waals surface area contributed by atoms with E-state index in [2.05, 4.69) is 36.2 Å². The van der Waals surface area contributed by atoms with Gasteiger partial charge in [-0.25, -0.2) is 0 Å². The smallest absolute Gasteiger partial charge is 0.291 e. The second-order valence-corrected chi connectivity index (χ2v) is 9.08. The summed E-state index contributed by atoms with van der Waals surface area (Å²) in [5.41, 5.74) is 0.622. The molecule has 134 valence electrons. The Morgan fingerprint density at radius 2 is 1.88 bits per heavy atom. The fourth-order valence-corrected chi connectivity index (χ4v) is 4.50. The third-order valence-electron chi connectivity index (χ3n) is 3.05. The van der Waals surface area contributed by atoms with Gasteiger partial charge in [0.1, 0.15) is 0 Å². The van der Waals surface area contributed by atoms with Crippen LogP contribution in [-0.4, -0.2) is 24.5 Å². The predicted molar refractivity (Wildman–Crippen MR) is 104 cm³/mol. The normalized spacial score (nSPS) is 11.2. The largest absolute Gasteiger partial charge is 0.296 e. The van der Waals surface area contributed by atoms with Crippen LogP contribution >= 0.6 is 38.9 Å². The van der Waals surface area contributed by atoms with Crippen LogP contribution in [0.15, 0.2) is 57.3 Å². The Morgan fingerprint density at radius 3 is 2.62 bits per heavy atom. The molecule has 2 aromatic carbocycles. The molecule has 3 rings (SSSR count). The third kappa shape index (κ3) is 4.39. The summed E-state index contributed by atoms with van der Waals surface area (Å²) in [5.74, 6) is -0.504. The molecule has 2 N–H and O–H groups in total. The van der Waals surface area contributed by atoms with Crippen LogP contribution in [0.25, 0.3) is 0 Å². The van der Waals surface area contributed by atoms with Crippen LogP contribution < -0.4 is 10.0 Å². The summed E-state index contributed by atoms with van der Waals surface area (Å²) in [6, 6.07) is 13.2. The van der Waals surface area contributed by atoms with Crippen molar-refractivity contribution in [3.63, 3.8) is 0 Å². The number of nitrogens with zero attached hydrogens (tertiary/aromatic N) is 2. The van der Waals surface area contributed by atoms with E-state index in [-0.39, 0.29) is 20.1 Å². The minimum Gasteiger partial charge on any atom is -0.296 e. The van der Waals surface area contributed by atoms with Crippen molar-refractivity contribution < 1.29 is 13.2 Å². The molecule has 7 nitrogen and oxygen atoms in total. The maximum Gasteiger partial charge on any atom is 0.291 e. The number of anilines is 2. The van der Waals surface area contributed by atoms with Gasteiger partial charge in [0.25, 0.3) is 20.3 Å². The highest BCUT2D eigenvalue weighted by molar-refractivity contribution is 9.10. The summed E-state index contributed by atoms with van der Waals surface area (Å²) >= 11 is 9.96. The van der Waals surface area contributed by atoms with Gasteiger partial charge in [0, 0.05) is 4.47 Å². The quantitative estimate of drug-likeness (QED) is 0.545. The van der Waals surface area contributed by atoms with Crippen LogP contribution in [0.3, 0.4) is 0 Å². The van der Waals surface area contributed by atoms with Crippen molar-refractivity contribution in [3.8, 4) is 0 Å². The molecule has 0 saturated carbocycles. The van der Waals surface area contributed by atoms with Gasteiger partial charge in [-0.15, -0.1) is 10.2 Å². The van der Waals surface area contributed by atoms with Crippen LogP contribution in [0.1, 0.15) is 10.4 Å². The van der Waals surface area contributed by atoms with Crippen molar-refractivity contribution in [2.75, 3.05) is 10.0 Å². The number of aromatic nitrogens is 2. The monoisotopic (exact) mass is 472 g/mol. The first kappa shape index (κ1) is 18.8. The summed E-state index contributed by atoms with van der Waals surface area (Å²) < 4.78 is 27.6. The van der Waals surface area contributed by atoms with Gasteiger partial charge < -0.3 is 0 Å². The van der Waals surface area contributed by atoms with Crippen molar-refractivity contribution in [2.45, 2.75) is 4.34 Å². The molecule has 0 bridgehead atoms. The first-order chi connectivity index (χ1) is 12.3. The highest BCUT2D eigenvalue weighted by Gasteiger charge is 2.22. The first-order valence-electron chi connectivity index (χ1n) is 7.03. The number of halogens is 2. The molecule has 0 aliphatic heterocycles. The molecule has 0 fully saturated rings. The maximum absolute atomic E-state index is 12.4. The third-order valence-corrected chi connectivity index (χ3v) is 6.46. The fraction of sp³-hybridized carbons (Fsp3) is 0. The van der Waals surface area contributed by atoms with Gasteiger partial charge in [0.2, 0.25) is 5.13 Å². The van der Waals surface area contributed by atoms with E-state index in [1.807, 2.05) is 0 Å². The van der Waals surface area contributed by atoms with Gasteiger partial charge >= 0.3 is 0 Å². The summed E-state index contributed by atoms with van der Waals surface area (Å²) in [4.78, 5) is 12.2. The molecule has 1 aromatic heterocycles. The summed E-state index contributed by atoms with van der Waals surface area (Å²) in [5, 5.41) is 10.1. The van der Waals surface area contributed by atoms with E-state index in [4.69, 9.17) is 11.6 Å². The van der Waals surface area contributed by atoms with Gasteiger partial charge in [0.15, 0.2) is 0 Å². The average Bonchev–Trinajstić information content (AvgIpc) is 3.04. The molecule has 1 amide bonds. The summed E-state index contributed by atoms with van der Waals surface area (Å²) in [6.45, 7) is 0. The van der Waals surface area contributed by atoms with Gasteiger partial charge in [-0.1, -0.05) is 57.1 Å². The molecule has 0 radical (unpaired) electrons. The molecule has 11 heteroatoms. The van der Waals surface area contributed by atoms with E-state index in [1.54, 1.807) is 48.5 Å². The number of nitrogens with one attached hydrogen (secondary N) is 2.